The second kappa shape index (κ2) is 5.49. The first-order valence-electron chi connectivity index (χ1n) is 6.39. The number of aliphatic carboxylic acids is 1. The maximum atomic E-state index is 12.8. The predicted octanol–water partition coefficient (Wildman–Crippen LogP) is 1.89. The molecule has 1 aromatic rings. The first kappa shape index (κ1) is 14.9. The van der Waals surface area contributed by atoms with E-state index in [0.29, 0.717) is 12.8 Å². The molecule has 1 aromatic carbocycles. The average molecular weight is 301 g/mol. The van der Waals surface area contributed by atoms with Crippen molar-refractivity contribution in [2.24, 2.45) is 0 Å². The van der Waals surface area contributed by atoms with Crippen LogP contribution in [0.25, 0.3) is 0 Å². The molecule has 110 valence electrons. The minimum absolute atomic E-state index is 0.134. The number of rotatable bonds is 4. The van der Waals surface area contributed by atoms with Crippen LogP contribution in [0, 0.1) is 5.82 Å². The summed E-state index contributed by atoms with van der Waals surface area (Å²) in [5.41, 5.74) is -1.45. The molecule has 0 radical (unpaired) electrons. The summed E-state index contributed by atoms with van der Waals surface area (Å²) in [6, 6.07) is 4.30. The number of carbonyl (C=O) groups is 1. The Morgan fingerprint density at radius 2 is 1.70 bits per heavy atom. The standard InChI is InChI=1S/C13H16FNO4S/c14-10-4-6-11(7-5-10)20(18,19)15-13(12(16)17)8-2-1-3-9-13/h4-7,15H,1-3,8-9H2,(H,16,17). The van der Waals surface area contributed by atoms with Crippen LogP contribution in [0.1, 0.15) is 32.1 Å². The van der Waals surface area contributed by atoms with Crippen LogP contribution in [0.3, 0.4) is 0 Å². The molecule has 0 saturated heterocycles. The summed E-state index contributed by atoms with van der Waals surface area (Å²) < 4.78 is 39.6. The van der Waals surface area contributed by atoms with Gasteiger partial charge in [0, 0.05) is 0 Å². The molecule has 5 nitrogen and oxygen atoms in total. The van der Waals surface area contributed by atoms with E-state index in [2.05, 4.69) is 4.72 Å². The zero-order valence-corrected chi connectivity index (χ0v) is 11.6. The highest BCUT2D eigenvalue weighted by atomic mass is 32.2. The van der Waals surface area contributed by atoms with Crippen LogP contribution < -0.4 is 4.72 Å². The van der Waals surface area contributed by atoms with Crippen molar-refractivity contribution < 1.29 is 22.7 Å². The number of benzene rings is 1. The Morgan fingerprint density at radius 1 is 1.15 bits per heavy atom. The predicted molar refractivity (Wildman–Crippen MR) is 70.2 cm³/mol. The van der Waals surface area contributed by atoms with Crippen molar-refractivity contribution >= 4 is 16.0 Å². The maximum Gasteiger partial charge on any atom is 0.324 e. The van der Waals surface area contributed by atoms with Crippen LogP contribution in [0.5, 0.6) is 0 Å². The van der Waals surface area contributed by atoms with E-state index in [0.717, 1.165) is 30.7 Å². The van der Waals surface area contributed by atoms with E-state index in [1.807, 2.05) is 0 Å². The summed E-state index contributed by atoms with van der Waals surface area (Å²) in [4.78, 5) is 11.3. The van der Waals surface area contributed by atoms with Crippen LogP contribution >= 0.6 is 0 Å². The Bertz CT molecular complexity index is 591. The molecule has 0 unspecified atom stereocenters. The summed E-state index contributed by atoms with van der Waals surface area (Å²) in [7, 11) is -3.98. The van der Waals surface area contributed by atoms with Crippen molar-refractivity contribution in [2.45, 2.75) is 42.5 Å². The van der Waals surface area contributed by atoms with E-state index in [4.69, 9.17) is 0 Å². The summed E-state index contributed by atoms with van der Waals surface area (Å²) in [5.74, 6) is -1.71. The minimum atomic E-state index is -3.98. The molecule has 1 saturated carbocycles. The highest BCUT2D eigenvalue weighted by molar-refractivity contribution is 7.89. The second-order valence-corrected chi connectivity index (χ2v) is 6.69. The largest absolute Gasteiger partial charge is 0.480 e. The number of hydrogen-bond donors (Lipinski definition) is 2. The SMILES string of the molecule is O=C(O)C1(NS(=O)(=O)c2ccc(F)cc2)CCCCC1. The Labute approximate surface area is 116 Å². The third-order valence-corrected chi connectivity index (χ3v) is 5.12. The van der Waals surface area contributed by atoms with Crippen LogP contribution in [0.4, 0.5) is 4.39 Å². The molecule has 0 heterocycles. The molecular weight excluding hydrogens is 285 g/mol. The molecular formula is C13H16FNO4S. The highest BCUT2D eigenvalue weighted by Crippen LogP contribution is 2.30. The first-order chi connectivity index (χ1) is 9.36. The number of sulfonamides is 1. The monoisotopic (exact) mass is 301 g/mol. The van der Waals surface area contributed by atoms with Gasteiger partial charge in [0.15, 0.2) is 0 Å². The lowest BCUT2D eigenvalue weighted by molar-refractivity contribution is -0.145. The third-order valence-electron chi connectivity index (χ3n) is 3.57. The molecule has 20 heavy (non-hydrogen) atoms. The fraction of sp³-hybridized carbons (Fsp3) is 0.462. The molecule has 0 aromatic heterocycles. The van der Waals surface area contributed by atoms with Crippen molar-refractivity contribution in [2.75, 3.05) is 0 Å². The minimum Gasteiger partial charge on any atom is -0.480 e. The van der Waals surface area contributed by atoms with Gasteiger partial charge >= 0.3 is 5.97 Å². The maximum absolute atomic E-state index is 12.8. The number of nitrogens with one attached hydrogen (secondary N) is 1. The van der Waals surface area contributed by atoms with Gasteiger partial charge in [-0.2, -0.15) is 4.72 Å². The van der Waals surface area contributed by atoms with Crippen LogP contribution in [0.2, 0.25) is 0 Å². The average Bonchev–Trinajstić information content (AvgIpc) is 2.39. The zero-order chi connectivity index (χ0) is 14.8. The fourth-order valence-corrected chi connectivity index (χ4v) is 3.86. The molecule has 0 amide bonds. The first-order valence-corrected chi connectivity index (χ1v) is 7.87. The van der Waals surface area contributed by atoms with Crippen LogP contribution in [0.15, 0.2) is 29.2 Å². The lowest BCUT2D eigenvalue weighted by atomic mass is 9.83. The van der Waals surface area contributed by atoms with Gasteiger partial charge in [-0.25, -0.2) is 12.8 Å². The number of carboxylic acid groups (broad SMARTS) is 1. The van der Waals surface area contributed by atoms with Crippen molar-refractivity contribution in [1.82, 2.24) is 4.72 Å². The summed E-state index contributed by atoms with van der Waals surface area (Å²) >= 11 is 0. The normalized spacial score (nSPS) is 18.6. The van der Waals surface area contributed by atoms with Gasteiger partial charge in [0.1, 0.15) is 11.4 Å². The van der Waals surface area contributed by atoms with Gasteiger partial charge in [-0.3, -0.25) is 4.79 Å². The van der Waals surface area contributed by atoms with Gasteiger partial charge in [0.2, 0.25) is 10.0 Å². The van der Waals surface area contributed by atoms with Crippen LogP contribution in [-0.2, 0) is 14.8 Å². The quantitative estimate of drug-likeness (QED) is 0.889. The van der Waals surface area contributed by atoms with Crippen LogP contribution in [-0.4, -0.2) is 25.0 Å². The third kappa shape index (κ3) is 2.99. The van der Waals surface area contributed by atoms with Crippen molar-refractivity contribution in [3.05, 3.63) is 30.1 Å². The molecule has 2 rings (SSSR count). The van der Waals surface area contributed by atoms with Gasteiger partial charge in [-0.15, -0.1) is 0 Å². The number of hydrogen-bond acceptors (Lipinski definition) is 3. The lowest BCUT2D eigenvalue weighted by Crippen LogP contribution is -2.55. The fourth-order valence-electron chi connectivity index (χ4n) is 2.44. The second-order valence-electron chi connectivity index (χ2n) is 5.01. The number of carboxylic acids is 1. The number of halogens is 1. The summed E-state index contributed by atoms with van der Waals surface area (Å²) in [6.07, 6.45) is 2.76. The van der Waals surface area contributed by atoms with Gasteiger partial charge in [-0.1, -0.05) is 19.3 Å². The molecule has 1 aliphatic rings. The smallest absolute Gasteiger partial charge is 0.324 e. The van der Waals surface area contributed by atoms with E-state index >= 15 is 0 Å². The molecule has 0 spiro atoms. The molecule has 0 aliphatic heterocycles. The Kier molecular flexibility index (Phi) is 4.10. The van der Waals surface area contributed by atoms with E-state index in [9.17, 15) is 22.7 Å². The summed E-state index contributed by atoms with van der Waals surface area (Å²) in [5, 5.41) is 9.36. The van der Waals surface area contributed by atoms with E-state index < -0.39 is 27.3 Å². The van der Waals surface area contributed by atoms with Crippen molar-refractivity contribution in [3.63, 3.8) is 0 Å². The van der Waals surface area contributed by atoms with E-state index in [1.54, 1.807) is 0 Å². The Hall–Kier alpha value is -1.47. The molecule has 1 aliphatic carbocycles. The molecule has 0 atom stereocenters. The van der Waals surface area contributed by atoms with E-state index in [1.165, 1.54) is 0 Å². The van der Waals surface area contributed by atoms with E-state index in [-0.39, 0.29) is 17.7 Å². The molecule has 1 fully saturated rings. The lowest BCUT2D eigenvalue weighted by Gasteiger charge is -2.33. The van der Waals surface area contributed by atoms with Crippen molar-refractivity contribution in [3.8, 4) is 0 Å². The Balaban J connectivity index is 2.30. The Morgan fingerprint density at radius 3 is 2.20 bits per heavy atom. The molecule has 7 heteroatoms. The highest BCUT2D eigenvalue weighted by Gasteiger charge is 2.43. The van der Waals surface area contributed by atoms with Gasteiger partial charge in [-0.05, 0) is 37.1 Å². The van der Waals surface area contributed by atoms with Gasteiger partial charge in [0.05, 0.1) is 4.90 Å². The topological polar surface area (TPSA) is 83.5 Å². The van der Waals surface area contributed by atoms with Gasteiger partial charge < -0.3 is 5.11 Å². The molecule has 2 N–H and O–H groups in total. The van der Waals surface area contributed by atoms with Crippen molar-refractivity contribution in [1.29, 1.82) is 0 Å². The van der Waals surface area contributed by atoms with Gasteiger partial charge in [0.25, 0.3) is 0 Å². The zero-order valence-electron chi connectivity index (χ0n) is 10.8. The summed E-state index contributed by atoms with van der Waals surface area (Å²) in [6.45, 7) is 0. The molecule has 0 bridgehead atoms.